The Morgan fingerprint density at radius 3 is 2.67 bits per heavy atom. The van der Waals surface area contributed by atoms with E-state index in [9.17, 15) is 10.1 Å². The van der Waals surface area contributed by atoms with Crippen molar-refractivity contribution in [3.63, 3.8) is 0 Å². The first-order valence-electron chi connectivity index (χ1n) is 8.76. The SMILES string of the molecule is CC(C)c1ccc(C2=CC(c3cccc([N+](=O)[O-])c3)n3ncnc3N2)cc1. The Morgan fingerprint density at radius 1 is 1.19 bits per heavy atom. The van der Waals surface area contributed by atoms with Crippen LogP contribution < -0.4 is 5.32 Å². The molecule has 136 valence electrons. The molecule has 0 saturated carbocycles. The molecular formula is C20H19N5O2. The van der Waals surface area contributed by atoms with E-state index >= 15 is 0 Å². The van der Waals surface area contributed by atoms with Crippen LogP contribution in [0.15, 0.2) is 60.9 Å². The Hall–Kier alpha value is -3.48. The fourth-order valence-corrected chi connectivity index (χ4v) is 3.21. The average molecular weight is 361 g/mol. The van der Waals surface area contributed by atoms with Gasteiger partial charge in [0.05, 0.1) is 4.92 Å². The van der Waals surface area contributed by atoms with E-state index < -0.39 is 0 Å². The number of allylic oxidation sites excluding steroid dienone is 1. The number of nitrogens with one attached hydrogen (secondary N) is 1. The third kappa shape index (κ3) is 3.19. The molecule has 0 spiro atoms. The molecule has 1 aromatic heterocycles. The molecule has 4 rings (SSSR count). The smallest absolute Gasteiger partial charge is 0.269 e. The molecule has 7 nitrogen and oxygen atoms in total. The summed E-state index contributed by atoms with van der Waals surface area (Å²) < 4.78 is 1.73. The molecule has 7 heteroatoms. The maximum atomic E-state index is 11.1. The van der Waals surface area contributed by atoms with Gasteiger partial charge >= 0.3 is 0 Å². The Balaban J connectivity index is 1.76. The number of anilines is 1. The molecule has 1 aliphatic heterocycles. The van der Waals surface area contributed by atoms with Gasteiger partial charge in [-0.15, -0.1) is 0 Å². The van der Waals surface area contributed by atoms with E-state index in [0.717, 1.165) is 16.8 Å². The first-order valence-corrected chi connectivity index (χ1v) is 8.76. The second-order valence-electron chi connectivity index (χ2n) is 6.81. The third-order valence-corrected chi connectivity index (χ3v) is 4.72. The van der Waals surface area contributed by atoms with Gasteiger partial charge in [-0.05, 0) is 28.7 Å². The van der Waals surface area contributed by atoms with Crippen molar-refractivity contribution < 1.29 is 4.92 Å². The zero-order valence-electron chi connectivity index (χ0n) is 15.0. The van der Waals surface area contributed by atoms with Crippen molar-refractivity contribution >= 4 is 17.3 Å². The summed E-state index contributed by atoms with van der Waals surface area (Å²) >= 11 is 0. The minimum Gasteiger partial charge on any atom is -0.324 e. The summed E-state index contributed by atoms with van der Waals surface area (Å²) in [5, 5.41) is 18.7. The van der Waals surface area contributed by atoms with Crippen molar-refractivity contribution in [2.24, 2.45) is 0 Å². The van der Waals surface area contributed by atoms with Crippen molar-refractivity contribution in [3.8, 4) is 0 Å². The van der Waals surface area contributed by atoms with Crippen molar-refractivity contribution in [2.75, 3.05) is 5.32 Å². The van der Waals surface area contributed by atoms with Crippen LogP contribution in [-0.4, -0.2) is 19.7 Å². The molecule has 3 aromatic rings. The van der Waals surface area contributed by atoms with Gasteiger partial charge < -0.3 is 5.32 Å². The maximum Gasteiger partial charge on any atom is 0.269 e. The van der Waals surface area contributed by atoms with Gasteiger partial charge in [0.15, 0.2) is 0 Å². The number of hydrogen-bond acceptors (Lipinski definition) is 5. The fraction of sp³-hybridized carbons (Fsp3) is 0.200. The number of nitro benzene ring substituents is 1. The van der Waals surface area contributed by atoms with E-state index in [-0.39, 0.29) is 16.7 Å². The van der Waals surface area contributed by atoms with Gasteiger partial charge in [-0.3, -0.25) is 10.1 Å². The molecule has 0 fully saturated rings. The molecule has 0 saturated heterocycles. The van der Waals surface area contributed by atoms with Crippen LogP contribution in [0.4, 0.5) is 11.6 Å². The molecule has 1 unspecified atom stereocenters. The van der Waals surface area contributed by atoms with Gasteiger partial charge in [-0.25, -0.2) is 4.68 Å². The van der Waals surface area contributed by atoms with Gasteiger partial charge in [0.2, 0.25) is 5.95 Å². The zero-order chi connectivity index (χ0) is 19.0. The molecule has 0 bridgehead atoms. The largest absolute Gasteiger partial charge is 0.324 e. The topological polar surface area (TPSA) is 85.9 Å². The van der Waals surface area contributed by atoms with E-state index in [4.69, 9.17) is 0 Å². The van der Waals surface area contributed by atoms with Gasteiger partial charge in [0.1, 0.15) is 12.4 Å². The van der Waals surface area contributed by atoms with Gasteiger partial charge in [0, 0.05) is 17.8 Å². The van der Waals surface area contributed by atoms with Crippen molar-refractivity contribution in [1.82, 2.24) is 14.8 Å². The van der Waals surface area contributed by atoms with E-state index in [1.807, 2.05) is 12.1 Å². The van der Waals surface area contributed by atoms with E-state index in [0.29, 0.717) is 11.9 Å². The summed E-state index contributed by atoms with van der Waals surface area (Å²) in [7, 11) is 0. The lowest BCUT2D eigenvalue weighted by molar-refractivity contribution is -0.384. The minimum absolute atomic E-state index is 0.0592. The van der Waals surface area contributed by atoms with Gasteiger partial charge in [-0.1, -0.05) is 50.2 Å². The van der Waals surface area contributed by atoms with Crippen molar-refractivity contribution in [3.05, 3.63) is 87.7 Å². The average Bonchev–Trinajstić information content (AvgIpc) is 3.16. The molecule has 1 N–H and O–H groups in total. The number of benzene rings is 2. The number of non-ortho nitro benzene ring substituents is 1. The highest BCUT2D eigenvalue weighted by atomic mass is 16.6. The van der Waals surface area contributed by atoms with Crippen LogP contribution in [0.2, 0.25) is 0 Å². The Kier molecular flexibility index (Phi) is 4.19. The van der Waals surface area contributed by atoms with Crippen molar-refractivity contribution in [1.29, 1.82) is 0 Å². The monoisotopic (exact) mass is 361 g/mol. The Morgan fingerprint density at radius 2 is 1.96 bits per heavy atom. The number of aromatic nitrogens is 3. The number of rotatable bonds is 4. The number of hydrogen-bond donors (Lipinski definition) is 1. The standard InChI is InChI=1S/C20H19N5O2/c1-13(2)14-6-8-15(9-7-14)18-11-19(24-20(23-18)21-12-22-24)16-4-3-5-17(10-16)25(26)27/h3-13,19H,1-2H3,(H,21,22,23). The van der Waals surface area contributed by atoms with E-state index in [2.05, 4.69) is 53.5 Å². The lowest BCUT2D eigenvalue weighted by atomic mass is 9.98. The maximum absolute atomic E-state index is 11.1. The summed E-state index contributed by atoms with van der Waals surface area (Å²) in [6, 6.07) is 14.7. The molecule has 27 heavy (non-hydrogen) atoms. The zero-order valence-corrected chi connectivity index (χ0v) is 15.0. The van der Waals surface area contributed by atoms with Crippen LogP contribution in [0, 0.1) is 10.1 Å². The molecule has 1 aliphatic rings. The normalized spacial score (nSPS) is 15.8. The summed E-state index contributed by atoms with van der Waals surface area (Å²) in [5.41, 5.74) is 4.05. The first-order chi connectivity index (χ1) is 13.0. The number of nitrogens with zero attached hydrogens (tertiary/aromatic N) is 4. The van der Waals surface area contributed by atoms with Crippen LogP contribution in [0.5, 0.6) is 0 Å². The summed E-state index contributed by atoms with van der Waals surface area (Å²) in [6.07, 6.45) is 3.50. The molecular weight excluding hydrogens is 342 g/mol. The molecule has 2 heterocycles. The third-order valence-electron chi connectivity index (χ3n) is 4.72. The Bertz CT molecular complexity index is 1020. The van der Waals surface area contributed by atoms with Crippen molar-refractivity contribution in [2.45, 2.75) is 25.8 Å². The summed E-state index contributed by atoms with van der Waals surface area (Å²) in [5.74, 6) is 1.07. The highest BCUT2D eigenvalue weighted by molar-refractivity contribution is 5.77. The van der Waals surface area contributed by atoms with Crippen LogP contribution in [0.3, 0.4) is 0 Å². The first kappa shape index (κ1) is 17.0. The lowest BCUT2D eigenvalue weighted by Gasteiger charge is -2.24. The summed E-state index contributed by atoms with van der Waals surface area (Å²) in [6.45, 7) is 4.32. The van der Waals surface area contributed by atoms with Crippen LogP contribution in [0.1, 0.15) is 42.5 Å². The van der Waals surface area contributed by atoms with Crippen LogP contribution >= 0.6 is 0 Å². The lowest BCUT2D eigenvalue weighted by Crippen LogP contribution is -2.20. The number of nitro groups is 1. The Labute approximate surface area is 156 Å². The fourth-order valence-electron chi connectivity index (χ4n) is 3.21. The van der Waals surface area contributed by atoms with E-state index in [1.165, 1.54) is 18.0 Å². The molecule has 0 amide bonds. The highest BCUT2D eigenvalue weighted by Crippen LogP contribution is 2.33. The van der Waals surface area contributed by atoms with Crippen LogP contribution in [0.25, 0.3) is 5.70 Å². The molecule has 1 atom stereocenters. The van der Waals surface area contributed by atoms with E-state index in [1.54, 1.807) is 16.8 Å². The van der Waals surface area contributed by atoms with Gasteiger partial charge in [-0.2, -0.15) is 10.1 Å². The second kappa shape index (κ2) is 6.68. The molecule has 0 radical (unpaired) electrons. The highest BCUT2D eigenvalue weighted by Gasteiger charge is 2.24. The predicted octanol–water partition coefficient (Wildman–Crippen LogP) is 4.37. The summed E-state index contributed by atoms with van der Waals surface area (Å²) in [4.78, 5) is 15.0. The second-order valence-corrected chi connectivity index (χ2v) is 6.81. The molecule has 2 aromatic carbocycles. The van der Waals surface area contributed by atoms with Gasteiger partial charge in [0.25, 0.3) is 5.69 Å². The predicted molar refractivity (Wildman–Crippen MR) is 103 cm³/mol. The van der Waals surface area contributed by atoms with Crippen LogP contribution in [-0.2, 0) is 0 Å². The molecule has 0 aliphatic carbocycles. The minimum atomic E-state index is -0.387. The number of fused-ring (bicyclic) bond motifs is 1. The quantitative estimate of drug-likeness (QED) is 0.551.